The summed E-state index contributed by atoms with van der Waals surface area (Å²) in [6.07, 6.45) is 7.75. The molecular weight excluding hydrogens is 298 g/mol. The van der Waals surface area contributed by atoms with E-state index in [2.05, 4.69) is 19.9 Å². The van der Waals surface area contributed by atoms with E-state index in [9.17, 15) is 15.2 Å². The lowest BCUT2D eigenvalue weighted by Crippen LogP contribution is -2.49. The number of aliphatic hydroxyl groups excluding tert-OH is 1. The van der Waals surface area contributed by atoms with Crippen LogP contribution in [0.3, 0.4) is 0 Å². The van der Waals surface area contributed by atoms with E-state index < -0.39 is 0 Å². The molecule has 24 heavy (non-hydrogen) atoms. The molecule has 0 aromatic rings. The van der Waals surface area contributed by atoms with Gasteiger partial charge in [0.25, 0.3) is 0 Å². The molecule has 4 aliphatic carbocycles. The topological polar surface area (TPSA) is 61.1 Å². The van der Waals surface area contributed by atoms with E-state index in [1.807, 2.05) is 0 Å². The SMILES string of the molecule is C[C@]1(C#N)CC[C@H]2[C@@H]3CC(CO)=C4CC(=O)CC[C@@H]4[C@H]3CC[C@@]21C. The second-order valence-electron chi connectivity index (χ2n) is 9.22. The van der Waals surface area contributed by atoms with E-state index in [1.54, 1.807) is 0 Å². The van der Waals surface area contributed by atoms with Gasteiger partial charge in [-0.25, -0.2) is 0 Å². The number of Topliss-reactive ketones (excluding diaryl/α,β-unsaturated/α-hetero) is 1. The number of ketones is 1. The van der Waals surface area contributed by atoms with Gasteiger partial charge in [0.2, 0.25) is 0 Å². The number of fused-ring (bicyclic) bond motifs is 5. The molecule has 3 saturated carbocycles. The number of aliphatic hydroxyl groups is 1. The van der Waals surface area contributed by atoms with Gasteiger partial charge < -0.3 is 5.11 Å². The molecule has 0 spiro atoms. The first-order valence-corrected chi connectivity index (χ1v) is 9.68. The summed E-state index contributed by atoms with van der Waals surface area (Å²) in [7, 11) is 0. The number of hydrogen-bond donors (Lipinski definition) is 1. The van der Waals surface area contributed by atoms with Crippen molar-refractivity contribution in [3.05, 3.63) is 11.1 Å². The quantitative estimate of drug-likeness (QED) is 0.740. The minimum Gasteiger partial charge on any atom is -0.392 e. The lowest BCUT2D eigenvalue weighted by atomic mass is 9.49. The monoisotopic (exact) mass is 327 g/mol. The van der Waals surface area contributed by atoms with Gasteiger partial charge in [-0.2, -0.15) is 5.26 Å². The summed E-state index contributed by atoms with van der Waals surface area (Å²) < 4.78 is 0. The standard InChI is InChI=1S/C21H29NO2/c1-20(12-22)7-6-19-18-9-13(11-23)17-10-14(24)3-4-15(17)16(18)5-8-21(19,20)2/h15-16,18-19,23H,3-11H2,1-2H3/t15-,16-,18-,19+,20-,21+/m1/s1. The molecule has 1 N–H and O–H groups in total. The molecule has 4 rings (SSSR count). The molecule has 4 aliphatic rings. The molecule has 0 unspecified atom stereocenters. The predicted octanol–water partition coefficient (Wildman–Crippen LogP) is 4.02. The largest absolute Gasteiger partial charge is 0.392 e. The molecule has 0 aliphatic heterocycles. The van der Waals surface area contributed by atoms with Gasteiger partial charge >= 0.3 is 0 Å². The highest BCUT2D eigenvalue weighted by Crippen LogP contribution is 2.67. The Morgan fingerprint density at radius 3 is 2.71 bits per heavy atom. The van der Waals surface area contributed by atoms with Gasteiger partial charge in [0.15, 0.2) is 0 Å². The number of hydrogen-bond acceptors (Lipinski definition) is 3. The van der Waals surface area contributed by atoms with Crippen molar-refractivity contribution in [3.8, 4) is 6.07 Å². The first-order chi connectivity index (χ1) is 11.4. The van der Waals surface area contributed by atoms with Crippen molar-refractivity contribution in [3.63, 3.8) is 0 Å². The van der Waals surface area contributed by atoms with Gasteiger partial charge in [0, 0.05) is 12.8 Å². The molecule has 0 bridgehead atoms. The van der Waals surface area contributed by atoms with Crippen molar-refractivity contribution in [2.75, 3.05) is 6.61 Å². The van der Waals surface area contributed by atoms with Crippen LogP contribution in [0.15, 0.2) is 11.1 Å². The van der Waals surface area contributed by atoms with Gasteiger partial charge in [-0.3, -0.25) is 4.79 Å². The second-order valence-corrected chi connectivity index (χ2v) is 9.22. The molecule has 3 nitrogen and oxygen atoms in total. The van der Waals surface area contributed by atoms with Crippen molar-refractivity contribution < 1.29 is 9.90 Å². The molecule has 3 heteroatoms. The summed E-state index contributed by atoms with van der Waals surface area (Å²) in [5, 5.41) is 19.7. The average molecular weight is 327 g/mol. The molecule has 6 atom stereocenters. The third-order valence-electron chi connectivity index (χ3n) is 8.56. The minimum atomic E-state index is -0.200. The van der Waals surface area contributed by atoms with E-state index in [0.29, 0.717) is 42.3 Å². The molecular formula is C21H29NO2. The molecule has 3 fully saturated rings. The third kappa shape index (κ3) is 2.02. The van der Waals surface area contributed by atoms with Crippen LogP contribution in [0.1, 0.15) is 65.2 Å². The van der Waals surface area contributed by atoms with Crippen LogP contribution in [0.2, 0.25) is 0 Å². The molecule has 0 saturated heterocycles. The lowest BCUT2D eigenvalue weighted by Gasteiger charge is -2.55. The van der Waals surface area contributed by atoms with Crippen LogP contribution in [-0.2, 0) is 4.79 Å². The summed E-state index contributed by atoms with van der Waals surface area (Å²) in [6, 6.07) is 2.66. The molecule has 0 radical (unpaired) electrons. The molecule has 0 heterocycles. The molecule has 130 valence electrons. The van der Waals surface area contributed by atoms with Gasteiger partial charge in [-0.15, -0.1) is 0 Å². The summed E-state index contributed by atoms with van der Waals surface area (Å²) >= 11 is 0. The number of carbonyl (C=O) groups is 1. The third-order valence-corrected chi connectivity index (χ3v) is 8.56. The van der Waals surface area contributed by atoms with Gasteiger partial charge in [0.1, 0.15) is 5.78 Å². The maximum atomic E-state index is 11.9. The van der Waals surface area contributed by atoms with Crippen LogP contribution in [0.25, 0.3) is 0 Å². The molecule has 0 aromatic carbocycles. The zero-order valence-electron chi connectivity index (χ0n) is 15.0. The molecule has 0 aromatic heterocycles. The summed E-state index contributed by atoms with van der Waals surface area (Å²) in [5.74, 6) is 2.73. The highest BCUT2D eigenvalue weighted by Gasteiger charge is 2.61. The van der Waals surface area contributed by atoms with E-state index >= 15 is 0 Å². The fourth-order valence-electron chi connectivity index (χ4n) is 6.93. The maximum Gasteiger partial charge on any atom is 0.136 e. The van der Waals surface area contributed by atoms with Crippen LogP contribution < -0.4 is 0 Å². The van der Waals surface area contributed by atoms with Crippen molar-refractivity contribution >= 4 is 5.78 Å². The van der Waals surface area contributed by atoms with Crippen LogP contribution in [0.5, 0.6) is 0 Å². The highest BCUT2D eigenvalue weighted by atomic mass is 16.3. The van der Waals surface area contributed by atoms with Crippen LogP contribution in [0, 0.1) is 45.8 Å². The second kappa shape index (κ2) is 5.43. The number of carbonyl (C=O) groups excluding carboxylic acids is 1. The maximum absolute atomic E-state index is 11.9. The normalized spacial score (nSPS) is 47.7. The fraction of sp³-hybridized carbons (Fsp3) is 0.810. The van der Waals surface area contributed by atoms with Gasteiger partial charge in [0.05, 0.1) is 18.1 Å². The molecule has 0 amide bonds. The van der Waals surface area contributed by atoms with Crippen molar-refractivity contribution in [2.45, 2.75) is 65.2 Å². The first kappa shape index (κ1) is 16.3. The van der Waals surface area contributed by atoms with Crippen LogP contribution >= 0.6 is 0 Å². The Morgan fingerprint density at radius 2 is 2.00 bits per heavy atom. The van der Waals surface area contributed by atoms with Crippen LogP contribution in [-0.4, -0.2) is 17.5 Å². The number of allylic oxidation sites excluding steroid dienone is 1. The van der Waals surface area contributed by atoms with Crippen molar-refractivity contribution in [1.82, 2.24) is 0 Å². The van der Waals surface area contributed by atoms with Crippen molar-refractivity contribution in [1.29, 1.82) is 5.26 Å². The van der Waals surface area contributed by atoms with E-state index in [0.717, 1.165) is 37.7 Å². The number of nitrogens with zero attached hydrogens (tertiary/aromatic N) is 1. The van der Waals surface area contributed by atoms with Gasteiger partial charge in [-0.1, -0.05) is 12.5 Å². The van der Waals surface area contributed by atoms with Crippen LogP contribution in [0.4, 0.5) is 0 Å². The Kier molecular flexibility index (Phi) is 3.69. The van der Waals surface area contributed by atoms with Crippen molar-refractivity contribution in [2.24, 2.45) is 34.5 Å². The number of rotatable bonds is 1. The highest BCUT2D eigenvalue weighted by molar-refractivity contribution is 5.82. The number of nitriles is 1. The fourth-order valence-corrected chi connectivity index (χ4v) is 6.93. The summed E-state index contributed by atoms with van der Waals surface area (Å²) in [6.45, 7) is 4.64. The first-order valence-electron chi connectivity index (χ1n) is 9.68. The summed E-state index contributed by atoms with van der Waals surface area (Å²) in [4.78, 5) is 11.9. The Hall–Kier alpha value is -1.14. The summed E-state index contributed by atoms with van der Waals surface area (Å²) in [5.41, 5.74) is 2.36. The zero-order valence-corrected chi connectivity index (χ0v) is 15.0. The Labute approximate surface area is 145 Å². The smallest absolute Gasteiger partial charge is 0.136 e. The lowest BCUT2D eigenvalue weighted by molar-refractivity contribution is -0.120. The predicted molar refractivity (Wildman–Crippen MR) is 91.8 cm³/mol. The van der Waals surface area contributed by atoms with Gasteiger partial charge in [-0.05, 0) is 80.1 Å². The van der Waals surface area contributed by atoms with E-state index in [-0.39, 0.29) is 17.4 Å². The Bertz CT molecular complexity index is 645. The Balaban J connectivity index is 1.71. The van der Waals surface area contributed by atoms with E-state index in [1.165, 1.54) is 12.0 Å². The Morgan fingerprint density at radius 1 is 1.21 bits per heavy atom. The minimum absolute atomic E-state index is 0.112. The zero-order chi connectivity index (χ0) is 17.1. The average Bonchev–Trinajstić information content (AvgIpc) is 2.86. The van der Waals surface area contributed by atoms with E-state index in [4.69, 9.17) is 0 Å².